The molecule has 10 heteroatoms. The highest BCUT2D eigenvalue weighted by molar-refractivity contribution is 7.99. The maximum atomic E-state index is 12.6. The summed E-state index contributed by atoms with van der Waals surface area (Å²) >= 11 is 1.20. The number of rotatable bonds is 10. The number of anilines is 1. The van der Waals surface area contributed by atoms with Gasteiger partial charge in [0, 0.05) is 17.8 Å². The average molecular weight is 480 g/mol. The Hall–Kier alpha value is -3.92. The van der Waals surface area contributed by atoms with Crippen LogP contribution >= 0.6 is 11.8 Å². The molecule has 3 aromatic rings. The highest BCUT2D eigenvalue weighted by Gasteiger charge is 2.20. The monoisotopic (exact) mass is 479 g/mol. The second-order valence-electron chi connectivity index (χ2n) is 7.52. The van der Waals surface area contributed by atoms with Gasteiger partial charge in [0.2, 0.25) is 5.91 Å². The first kappa shape index (κ1) is 24.7. The van der Waals surface area contributed by atoms with Crippen LogP contribution in [0.5, 0.6) is 0 Å². The maximum absolute atomic E-state index is 12.6. The molecular formula is C24H25N5O4S. The van der Waals surface area contributed by atoms with Gasteiger partial charge in [-0.1, -0.05) is 35.5 Å². The van der Waals surface area contributed by atoms with E-state index in [1.54, 1.807) is 16.7 Å². The number of aromatic carboxylic acids is 1. The average Bonchev–Trinajstić information content (AvgIpc) is 3.21. The van der Waals surface area contributed by atoms with Crippen LogP contribution in [-0.4, -0.2) is 43.4 Å². The van der Waals surface area contributed by atoms with Crippen molar-refractivity contribution in [2.24, 2.45) is 0 Å². The Labute approximate surface area is 201 Å². The molecule has 0 bridgehead atoms. The topological polar surface area (TPSA) is 126 Å². The molecule has 0 aliphatic carbocycles. The van der Waals surface area contributed by atoms with Gasteiger partial charge < -0.3 is 20.3 Å². The molecule has 1 aromatic heterocycles. The van der Waals surface area contributed by atoms with Crippen LogP contribution in [-0.2, 0) is 11.3 Å². The molecule has 9 nitrogen and oxygen atoms in total. The molecule has 0 radical (unpaired) electrons. The largest absolute Gasteiger partial charge is 0.478 e. The SMILES string of the molecule is C=CCn1c(SCC(=O)Nc2ccc(C(=O)O)cc2)nnc1[C@@H](C)NC(=O)c1cccc(C)c1. The predicted octanol–water partition coefficient (Wildman–Crippen LogP) is 3.69. The van der Waals surface area contributed by atoms with Gasteiger partial charge >= 0.3 is 5.97 Å². The van der Waals surface area contributed by atoms with Crippen molar-refractivity contribution in [3.05, 3.63) is 83.7 Å². The Kier molecular flexibility index (Phi) is 8.20. The lowest BCUT2D eigenvalue weighted by Crippen LogP contribution is -2.28. The summed E-state index contributed by atoms with van der Waals surface area (Å²) in [6.45, 7) is 7.92. The summed E-state index contributed by atoms with van der Waals surface area (Å²) in [5.74, 6) is -0.904. The number of nitrogens with one attached hydrogen (secondary N) is 2. The van der Waals surface area contributed by atoms with Gasteiger partial charge in [-0.2, -0.15) is 0 Å². The number of hydrogen-bond acceptors (Lipinski definition) is 6. The van der Waals surface area contributed by atoms with Crippen LogP contribution < -0.4 is 10.6 Å². The fourth-order valence-electron chi connectivity index (χ4n) is 3.18. The Morgan fingerprint density at radius 1 is 1.15 bits per heavy atom. The lowest BCUT2D eigenvalue weighted by molar-refractivity contribution is -0.113. The quantitative estimate of drug-likeness (QED) is 0.299. The maximum Gasteiger partial charge on any atom is 0.335 e. The van der Waals surface area contributed by atoms with E-state index in [0.29, 0.717) is 28.8 Å². The molecule has 2 amide bonds. The van der Waals surface area contributed by atoms with Gasteiger partial charge in [-0.05, 0) is 50.2 Å². The van der Waals surface area contributed by atoms with E-state index < -0.39 is 12.0 Å². The highest BCUT2D eigenvalue weighted by atomic mass is 32.2. The third kappa shape index (κ3) is 6.32. The lowest BCUT2D eigenvalue weighted by atomic mass is 10.1. The standard InChI is InChI=1S/C24H25N5O4S/c1-4-12-29-21(16(3)25-22(31)18-7-5-6-15(2)13-18)27-28-24(29)34-14-20(30)26-19-10-8-17(9-11-19)23(32)33/h4-11,13,16H,1,12,14H2,2-3H3,(H,25,31)(H,26,30)(H,32,33)/t16-/m1/s1. The van der Waals surface area contributed by atoms with E-state index in [4.69, 9.17) is 5.11 Å². The van der Waals surface area contributed by atoms with Gasteiger partial charge in [-0.3, -0.25) is 9.59 Å². The van der Waals surface area contributed by atoms with Gasteiger partial charge in [0.25, 0.3) is 5.91 Å². The van der Waals surface area contributed by atoms with E-state index in [1.165, 1.54) is 36.0 Å². The van der Waals surface area contributed by atoms with Gasteiger partial charge in [0.05, 0.1) is 17.4 Å². The molecule has 34 heavy (non-hydrogen) atoms. The molecule has 3 N–H and O–H groups in total. The van der Waals surface area contributed by atoms with Crippen molar-refractivity contribution in [1.82, 2.24) is 20.1 Å². The van der Waals surface area contributed by atoms with Crippen LogP contribution in [0.2, 0.25) is 0 Å². The van der Waals surface area contributed by atoms with Crippen molar-refractivity contribution in [3.8, 4) is 0 Å². The third-order valence-electron chi connectivity index (χ3n) is 4.82. The van der Waals surface area contributed by atoms with Crippen molar-refractivity contribution in [1.29, 1.82) is 0 Å². The minimum atomic E-state index is -1.03. The first-order valence-corrected chi connectivity index (χ1v) is 11.4. The van der Waals surface area contributed by atoms with E-state index >= 15 is 0 Å². The lowest BCUT2D eigenvalue weighted by Gasteiger charge is -2.15. The van der Waals surface area contributed by atoms with Crippen LogP contribution in [0.25, 0.3) is 0 Å². The number of aryl methyl sites for hydroxylation is 1. The number of allylic oxidation sites excluding steroid dienone is 1. The zero-order valence-electron chi connectivity index (χ0n) is 18.8. The number of amides is 2. The van der Waals surface area contributed by atoms with Gasteiger partial charge in [0.15, 0.2) is 11.0 Å². The molecule has 2 aromatic carbocycles. The normalized spacial score (nSPS) is 11.5. The Balaban J connectivity index is 1.64. The summed E-state index contributed by atoms with van der Waals surface area (Å²) in [5.41, 5.74) is 2.19. The zero-order chi connectivity index (χ0) is 24.7. The van der Waals surface area contributed by atoms with Crippen molar-refractivity contribution in [3.63, 3.8) is 0 Å². The summed E-state index contributed by atoms with van der Waals surface area (Å²) < 4.78 is 1.80. The zero-order valence-corrected chi connectivity index (χ0v) is 19.6. The van der Waals surface area contributed by atoms with E-state index in [2.05, 4.69) is 27.4 Å². The van der Waals surface area contributed by atoms with E-state index in [9.17, 15) is 14.4 Å². The van der Waals surface area contributed by atoms with Crippen LogP contribution in [0.4, 0.5) is 5.69 Å². The summed E-state index contributed by atoms with van der Waals surface area (Å²) in [7, 11) is 0. The summed E-state index contributed by atoms with van der Waals surface area (Å²) in [6, 6.07) is 12.8. The van der Waals surface area contributed by atoms with Gasteiger partial charge in [-0.25, -0.2) is 4.79 Å². The fraction of sp³-hybridized carbons (Fsp3) is 0.208. The molecule has 0 fully saturated rings. The predicted molar refractivity (Wildman–Crippen MR) is 130 cm³/mol. The molecule has 0 spiro atoms. The number of hydrogen-bond donors (Lipinski definition) is 3. The van der Waals surface area contributed by atoms with Crippen LogP contribution in [0.1, 0.15) is 45.1 Å². The number of carboxylic acid groups (broad SMARTS) is 1. The Morgan fingerprint density at radius 3 is 2.53 bits per heavy atom. The fourth-order valence-corrected chi connectivity index (χ4v) is 3.94. The van der Waals surface area contributed by atoms with Crippen molar-refractivity contribution >= 4 is 35.2 Å². The minimum Gasteiger partial charge on any atom is -0.478 e. The third-order valence-corrected chi connectivity index (χ3v) is 5.79. The number of carbonyl (C=O) groups is 3. The molecule has 1 heterocycles. The minimum absolute atomic E-state index is 0.0694. The van der Waals surface area contributed by atoms with E-state index in [-0.39, 0.29) is 23.1 Å². The van der Waals surface area contributed by atoms with Crippen molar-refractivity contribution in [2.45, 2.75) is 31.6 Å². The van der Waals surface area contributed by atoms with Gasteiger partial charge in [0.1, 0.15) is 0 Å². The highest BCUT2D eigenvalue weighted by Crippen LogP contribution is 2.22. The Bertz CT molecular complexity index is 1210. The summed E-state index contributed by atoms with van der Waals surface area (Å²) in [6.07, 6.45) is 1.69. The molecule has 0 saturated carbocycles. The first-order chi connectivity index (χ1) is 16.3. The van der Waals surface area contributed by atoms with Crippen molar-refractivity contribution < 1.29 is 19.5 Å². The number of nitrogens with zero attached hydrogens (tertiary/aromatic N) is 3. The van der Waals surface area contributed by atoms with Crippen LogP contribution in [0.15, 0.2) is 66.3 Å². The number of aromatic nitrogens is 3. The number of benzene rings is 2. The second kappa shape index (κ2) is 11.3. The van der Waals surface area contributed by atoms with Crippen molar-refractivity contribution in [2.75, 3.05) is 11.1 Å². The first-order valence-electron chi connectivity index (χ1n) is 10.5. The summed E-state index contributed by atoms with van der Waals surface area (Å²) in [5, 5.41) is 23.6. The van der Waals surface area contributed by atoms with E-state index in [1.807, 2.05) is 32.0 Å². The molecule has 0 aliphatic heterocycles. The Morgan fingerprint density at radius 2 is 1.88 bits per heavy atom. The number of carboxylic acids is 1. The molecule has 176 valence electrons. The van der Waals surface area contributed by atoms with Crippen LogP contribution in [0.3, 0.4) is 0 Å². The van der Waals surface area contributed by atoms with Crippen LogP contribution in [0, 0.1) is 6.92 Å². The molecule has 0 saturated heterocycles. The smallest absolute Gasteiger partial charge is 0.335 e. The molecule has 0 unspecified atom stereocenters. The molecule has 1 atom stereocenters. The van der Waals surface area contributed by atoms with Gasteiger partial charge in [-0.15, -0.1) is 16.8 Å². The molecular weight excluding hydrogens is 454 g/mol. The summed E-state index contributed by atoms with van der Waals surface area (Å²) in [4.78, 5) is 35.9. The molecule has 3 rings (SSSR count). The number of thioether (sulfide) groups is 1. The number of carbonyl (C=O) groups excluding carboxylic acids is 2. The molecule has 0 aliphatic rings. The second-order valence-corrected chi connectivity index (χ2v) is 8.47. The van der Waals surface area contributed by atoms with E-state index in [0.717, 1.165) is 5.56 Å².